The van der Waals surface area contributed by atoms with Gasteiger partial charge in [-0.15, -0.1) is 0 Å². The summed E-state index contributed by atoms with van der Waals surface area (Å²) in [5.74, 6) is -0.202. The highest BCUT2D eigenvalue weighted by atomic mass is 35.5. The molecule has 1 heterocycles. The van der Waals surface area contributed by atoms with Crippen LogP contribution in [0.5, 0.6) is 0 Å². The molecule has 5 heteroatoms. The number of rotatable bonds is 5. The molecule has 0 bridgehead atoms. The molecule has 0 spiro atoms. The maximum atomic E-state index is 13.3. The smallest absolute Gasteiger partial charge is 0.242 e. The third kappa shape index (κ3) is 3.34. The molecule has 2 aliphatic rings. The zero-order chi connectivity index (χ0) is 19.0. The molecule has 1 aliphatic carbocycles. The van der Waals surface area contributed by atoms with E-state index >= 15 is 0 Å². The van der Waals surface area contributed by atoms with E-state index in [2.05, 4.69) is 11.4 Å². The molecule has 2 aromatic carbocycles. The third-order valence-electron chi connectivity index (χ3n) is 5.61. The Morgan fingerprint density at radius 2 is 1.96 bits per heavy atom. The van der Waals surface area contributed by atoms with Crippen molar-refractivity contribution in [2.24, 2.45) is 5.41 Å². The van der Waals surface area contributed by atoms with Gasteiger partial charge in [0.25, 0.3) is 0 Å². The lowest BCUT2D eigenvalue weighted by atomic mass is 10.0. The van der Waals surface area contributed by atoms with Crippen LogP contribution >= 0.6 is 11.6 Å². The van der Waals surface area contributed by atoms with Crippen molar-refractivity contribution in [2.75, 3.05) is 11.4 Å². The van der Waals surface area contributed by atoms with E-state index in [0.29, 0.717) is 30.8 Å². The van der Waals surface area contributed by atoms with Crippen LogP contribution in [0.4, 0.5) is 5.69 Å². The maximum absolute atomic E-state index is 13.3. The molecule has 0 aromatic heterocycles. The molecular formula is C22H23ClN2O2. The first-order chi connectivity index (χ1) is 13.0. The lowest BCUT2D eigenvalue weighted by Crippen LogP contribution is -2.47. The third-order valence-corrected chi connectivity index (χ3v) is 5.84. The van der Waals surface area contributed by atoms with Crippen LogP contribution in [0.25, 0.3) is 0 Å². The summed E-state index contributed by atoms with van der Waals surface area (Å²) in [5.41, 5.74) is 2.31. The number of anilines is 1. The van der Waals surface area contributed by atoms with E-state index in [-0.39, 0.29) is 17.9 Å². The Balaban J connectivity index is 1.42. The number of hydrogen-bond acceptors (Lipinski definition) is 2. The van der Waals surface area contributed by atoms with Crippen LogP contribution in [0, 0.1) is 5.41 Å². The molecule has 0 saturated heterocycles. The lowest BCUT2D eigenvalue weighted by molar-refractivity contribution is -0.135. The summed E-state index contributed by atoms with van der Waals surface area (Å²) in [5, 5.41) is 3.66. The van der Waals surface area contributed by atoms with Crippen molar-refractivity contribution >= 4 is 29.1 Å². The SMILES string of the molecule is CC1Cc2ccccc2N1C(=O)C1(C(=O)NCCc2cccc(Cl)c2)CC1. The molecule has 140 valence electrons. The Bertz CT molecular complexity index is 891. The van der Waals surface area contributed by atoms with Crippen LogP contribution in [0.3, 0.4) is 0 Å². The highest BCUT2D eigenvalue weighted by Crippen LogP contribution is 2.49. The second kappa shape index (κ2) is 7.01. The maximum Gasteiger partial charge on any atom is 0.242 e. The van der Waals surface area contributed by atoms with Gasteiger partial charge in [-0.3, -0.25) is 9.59 Å². The van der Waals surface area contributed by atoms with Gasteiger partial charge in [0.05, 0.1) is 0 Å². The Labute approximate surface area is 164 Å². The van der Waals surface area contributed by atoms with Gasteiger partial charge in [0.2, 0.25) is 11.8 Å². The van der Waals surface area contributed by atoms with Gasteiger partial charge in [0.1, 0.15) is 5.41 Å². The van der Waals surface area contributed by atoms with Crippen LogP contribution in [0.2, 0.25) is 5.02 Å². The summed E-state index contributed by atoms with van der Waals surface area (Å²) in [6, 6.07) is 15.7. The molecule has 2 amide bonds. The van der Waals surface area contributed by atoms with Gasteiger partial charge in [-0.25, -0.2) is 0 Å². The standard InChI is InChI=1S/C22H23ClN2O2/c1-15-13-17-6-2-3-8-19(17)25(15)21(27)22(10-11-22)20(26)24-12-9-16-5-4-7-18(23)14-16/h2-8,14-15H,9-13H2,1H3,(H,24,26). The van der Waals surface area contributed by atoms with E-state index in [0.717, 1.165) is 17.7 Å². The van der Waals surface area contributed by atoms with E-state index < -0.39 is 5.41 Å². The van der Waals surface area contributed by atoms with Crippen molar-refractivity contribution in [3.8, 4) is 0 Å². The number of amides is 2. The van der Waals surface area contributed by atoms with Gasteiger partial charge in [-0.05, 0) is 61.9 Å². The fourth-order valence-electron chi connectivity index (χ4n) is 3.95. The number of nitrogens with zero attached hydrogens (tertiary/aromatic N) is 1. The van der Waals surface area contributed by atoms with Gasteiger partial charge in [-0.1, -0.05) is 41.9 Å². The highest BCUT2D eigenvalue weighted by molar-refractivity contribution is 6.30. The van der Waals surface area contributed by atoms with Crippen molar-refractivity contribution in [1.82, 2.24) is 5.32 Å². The molecule has 1 unspecified atom stereocenters. The minimum atomic E-state index is -0.889. The van der Waals surface area contributed by atoms with E-state index in [1.165, 1.54) is 5.56 Å². The number of carbonyl (C=O) groups is 2. The lowest BCUT2D eigenvalue weighted by Gasteiger charge is -2.27. The van der Waals surface area contributed by atoms with Crippen LogP contribution in [0.15, 0.2) is 48.5 Å². The molecule has 1 N–H and O–H groups in total. The van der Waals surface area contributed by atoms with Gasteiger partial charge in [0, 0.05) is 23.3 Å². The van der Waals surface area contributed by atoms with Gasteiger partial charge in [-0.2, -0.15) is 0 Å². The van der Waals surface area contributed by atoms with E-state index in [1.807, 2.05) is 54.3 Å². The Kier molecular flexibility index (Phi) is 4.68. The van der Waals surface area contributed by atoms with Crippen molar-refractivity contribution in [3.63, 3.8) is 0 Å². The summed E-state index contributed by atoms with van der Waals surface area (Å²) in [6.07, 6.45) is 2.79. The molecule has 2 aromatic rings. The average molecular weight is 383 g/mol. The Hall–Kier alpha value is -2.33. The summed E-state index contributed by atoms with van der Waals surface area (Å²) in [6.45, 7) is 2.55. The number of nitrogens with one attached hydrogen (secondary N) is 1. The number of hydrogen-bond donors (Lipinski definition) is 1. The number of para-hydroxylation sites is 1. The fourth-order valence-corrected chi connectivity index (χ4v) is 4.16. The van der Waals surface area contributed by atoms with E-state index in [1.54, 1.807) is 0 Å². The van der Waals surface area contributed by atoms with Crippen molar-refractivity contribution in [2.45, 2.75) is 38.6 Å². The van der Waals surface area contributed by atoms with E-state index in [9.17, 15) is 9.59 Å². The topological polar surface area (TPSA) is 49.4 Å². The average Bonchev–Trinajstić information content (AvgIpc) is 3.39. The highest BCUT2D eigenvalue weighted by Gasteiger charge is 2.59. The first-order valence-corrected chi connectivity index (χ1v) is 9.83. The predicted molar refractivity (Wildman–Crippen MR) is 107 cm³/mol. The van der Waals surface area contributed by atoms with Crippen LogP contribution in [-0.4, -0.2) is 24.4 Å². The first kappa shape index (κ1) is 18.1. The second-order valence-corrected chi connectivity index (χ2v) is 8.01. The zero-order valence-corrected chi connectivity index (χ0v) is 16.1. The summed E-state index contributed by atoms with van der Waals surface area (Å²) >= 11 is 6.00. The Morgan fingerprint density at radius 3 is 2.70 bits per heavy atom. The molecule has 1 saturated carbocycles. The summed E-state index contributed by atoms with van der Waals surface area (Å²) in [4.78, 5) is 27.9. The number of carbonyl (C=O) groups excluding carboxylic acids is 2. The molecule has 1 aliphatic heterocycles. The molecule has 1 fully saturated rings. The monoisotopic (exact) mass is 382 g/mol. The van der Waals surface area contributed by atoms with Crippen LogP contribution < -0.4 is 10.2 Å². The normalized spacial score (nSPS) is 19.5. The summed E-state index contributed by atoms with van der Waals surface area (Å²) < 4.78 is 0. The molecular weight excluding hydrogens is 360 g/mol. The van der Waals surface area contributed by atoms with Gasteiger partial charge in [0.15, 0.2) is 0 Å². The van der Waals surface area contributed by atoms with Gasteiger partial charge >= 0.3 is 0 Å². The quantitative estimate of drug-likeness (QED) is 0.800. The Morgan fingerprint density at radius 1 is 1.19 bits per heavy atom. The van der Waals surface area contributed by atoms with Crippen LogP contribution in [-0.2, 0) is 22.4 Å². The minimum Gasteiger partial charge on any atom is -0.355 e. The van der Waals surface area contributed by atoms with Crippen LogP contribution in [0.1, 0.15) is 30.9 Å². The summed E-state index contributed by atoms with van der Waals surface area (Å²) in [7, 11) is 0. The van der Waals surface area contributed by atoms with E-state index in [4.69, 9.17) is 11.6 Å². The van der Waals surface area contributed by atoms with Crippen molar-refractivity contribution in [1.29, 1.82) is 0 Å². The molecule has 27 heavy (non-hydrogen) atoms. The fraction of sp³-hybridized carbons (Fsp3) is 0.364. The largest absolute Gasteiger partial charge is 0.355 e. The predicted octanol–water partition coefficient (Wildman–Crippen LogP) is 3.76. The number of halogens is 1. The molecule has 4 nitrogen and oxygen atoms in total. The second-order valence-electron chi connectivity index (χ2n) is 7.57. The van der Waals surface area contributed by atoms with Crippen molar-refractivity contribution < 1.29 is 9.59 Å². The number of fused-ring (bicyclic) bond motifs is 1. The molecule has 1 atom stereocenters. The van der Waals surface area contributed by atoms with Gasteiger partial charge < -0.3 is 10.2 Å². The first-order valence-electron chi connectivity index (χ1n) is 9.45. The zero-order valence-electron chi connectivity index (χ0n) is 15.4. The minimum absolute atomic E-state index is 0.0554. The van der Waals surface area contributed by atoms with Crippen molar-refractivity contribution in [3.05, 3.63) is 64.7 Å². The molecule has 4 rings (SSSR count). The number of benzene rings is 2. The molecule has 0 radical (unpaired) electrons.